The molecule has 2 aliphatic carbocycles. The molecule has 0 amide bonds. The SMILES string of the molecule is CSc1ncccc1CNc1ncc(C#N)c(NCC2CCC(NC3CCC(CO)CC3)CC2)n1. The van der Waals surface area contributed by atoms with E-state index < -0.39 is 0 Å². The molecule has 0 atom stereocenters. The molecule has 0 bridgehead atoms. The summed E-state index contributed by atoms with van der Waals surface area (Å²) in [7, 11) is 0. The van der Waals surface area contributed by atoms with Crippen molar-refractivity contribution in [2.24, 2.45) is 11.8 Å². The number of aromatic nitrogens is 3. The van der Waals surface area contributed by atoms with Gasteiger partial charge < -0.3 is 21.1 Å². The van der Waals surface area contributed by atoms with E-state index in [2.05, 4.69) is 37.0 Å². The predicted octanol–water partition coefficient (Wildman–Crippen LogP) is 4.19. The molecule has 2 fully saturated rings. The molecule has 2 aromatic heterocycles. The van der Waals surface area contributed by atoms with Gasteiger partial charge in [-0.1, -0.05) is 6.07 Å². The maximum Gasteiger partial charge on any atom is 0.224 e. The lowest BCUT2D eigenvalue weighted by molar-refractivity contribution is 0.166. The van der Waals surface area contributed by atoms with Crippen molar-refractivity contribution >= 4 is 23.5 Å². The molecule has 2 aromatic rings. The molecule has 2 saturated carbocycles. The summed E-state index contributed by atoms with van der Waals surface area (Å²) in [6.45, 7) is 1.73. The molecule has 4 rings (SSSR count). The molecule has 0 aromatic carbocycles. The Morgan fingerprint density at radius 1 is 1.03 bits per heavy atom. The number of nitrogens with one attached hydrogen (secondary N) is 3. The van der Waals surface area contributed by atoms with Crippen LogP contribution < -0.4 is 16.0 Å². The van der Waals surface area contributed by atoms with Crippen LogP contribution in [0.5, 0.6) is 0 Å². The summed E-state index contributed by atoms with van der Waals surface area (Å²) in [4.78, 5) is 13.3. The summed E-state index contributed by atoms with van der Waals surface area (Å²) in [5.41, 5.74) is 1.56. The van der Waals surface area contributed by atoms with Crippen molar-refractivity contribution in [2.45, 2.75) is 75.0 Å². The highest BCUT2D eigenvalue weighted by atomic mass is 32.2. The van der Waals surface area contributed by atoms with E-state index in [-0.39, 0.29) is 0 Å². The Balaban J connectivity index is 1.24. The molecule has 4 N–H and O–H groups in total. The van der Waals surface area contributed by atoms with E-state index in [9.17, 15) is 10.4 Å². The van der Waals surface area contributed by atoms with E-state index >= 15 is 0 Å². The van der Waals surface area contributed by atoms with Gasteiger partial charge in [-0.25, -0.2) is 9.97 Å². The topological polar surface area (TPSA) is 119 Å². The minimum absolute atomic E-state index is 0.339. The van der Waals surface area contributed by atoms with Crippen LogP contribution in [0, 0.1) is 23.2 Å². The number of nitrogens with zero attached hydrogens (tertiary/aromatic N) is 4. The fourth-order valence-electron chi connectivity index (χ4n) is 5.22. The second-order valence-corrected chi connectivity index (χ2v) is 10.6. The largest absolute Gasteiger partial charge is 0.396 e. The van der Waals surface area contributed by atoms with Crippen LogP contribution in [0.2, 0.25) is 0 Å². The van der Waals surface area contributed by atoms with Crippen LogP contribution in [-0.2, 0) is 6.54 Å². The van der Waals surface area contributed by atoms with Crippen LogP contribution in [0.25, 0.3) is 0 Å². The Bertz CT molecular complexity index is 982. The van der Waals surface area contributed by atoms with Crippen molar-refractivity contribution in [3.8, 4) is 6.07 Å². The molecule has 9 heteroatoms. The van der Waals surface area contributed by atoms with Crippen molar-refractivity contribution in [1.29, 1.82) is 5.26 Å². The van der Waals surface area contributed by atoms with Crippen molar-refractivity contribution in [3.05, 3.63) is 35.7 Å². The number of hydrogen-bond donors (Lipinski definition) is 4. The van der Waals surface area contributed by atoms with Crippen molar-refractivity contribution in [1.82, 2.24) is 20.3 Å². The van der Waals surface area contributed by atoms with Gasteiger partial charge in [0.25, 0.3) is 0 Å². The van der Waals surface area contributed by atoms with Crippen molar-refractivity contribution in [2.75, 3.05) is 30.0 Å². The molecule has 0 saturated heterocycles. The van der Waals surface area contributed by atoms with Gasteiger partial charge >= 0.3 is 0 Å². The lowest BCUT2D eigenvalue weighted by Gasteiger charge is -2.35. The molecule has 35 heavy (non-hydrogen) atoms. The van der Waals surface area contributed by atoms with Gasteiger partial charge in [0, 0.05) is 43.5 Å². The van der Waals surface area contributed by atoms with Crippen LogP contribution in [0.15, 0.2) is 29.6 Å². The number of aliphatic hydroxyl groups excluding tert-OH is 1. The van der Waals surface area contributed by atoms with Crippen LogP contribution in [-0.4, -0.2) is 51.5 Å². The van der Waals surface area contributed by atoms with Gasteiger partial charge in [0.1, 0.15) is 22.5 Å². The Hall–Kier alpha value is -2.41. The van der Waals surface area contributed by atoms with Gasteiger partial charge in [-0.3, -0.25) is 0 Å². The first-order valence-electron chi connectivity index (χ1n) is 12.8. The average Bonchev–Trinajstić information content (AvgIpc) is 2.92. The Kier molecular flexibility index (Phi) is 9.57. The summed E-state index contributed by atoms with van der Waals surface area (Å²) >= 11 is 1.61. The minimum Gasteiger partial charge on any atom is -0.396 e. The zero-order chi connectivity index (χ0) is 24.5. The van der Waals surface area contributed by atoms with E-state index in [1.807, 2.05) is 18.4 Å². The number of rotatable bonds is 10. The van der Waals surface area contributed by atoms with E-state index in [0.717, 1.165) is 30.0 Å². The lowest BCUT2D eigenvalue weighted by atomic mass is 9.83. The maximum atomic E-state index is 9.52. The Labute approximate surface area is 212 Å². The summed E-state index contributed by atoms with van der Waals surface area (Å²) in [5, 5.41) is 30.4. The fraction of sp³-hybridized carbons (Fsp3) is 0.615. The second-order valence-electron chi connectivity index (χ2n) is 9.76. The van der Waals surface area contributed by atoms with Gasteiger partial charge in [0.05, 0.1) is 6.20 Å². The number of hydrogen-bond acceptors (Lipinski definition) is 9. The zero-order valence-corrected chi connectivity index (χ0v) is 21.4. The van der Waals surface area contributed by atoms with Gasteiger partial charge in [-0.05, 0) is 75.5 Å². The van der Waals surface area contributed by atoms with E-state index in [4.69, 9.17) is 0 Å². The summed E-state index contributed by atoms with van der Waals surface area (Å²) in [6.07, 6.45) is 14.8. The van der Waals surface area contributed by atoms with Crippen molar-refractivity contribution in [3.63, 3.8) is 0 Å². The Morgan fingerprint density at radius 3 is 2.40 bits per heavy atom. The lowest BCUT2D eigenvalue weighted by Crippen LogP contribution is -2.43. The first-order valence-corrected chi connectivity index (χ1v) is 14.0. The molecule has 2 heterocycles. The maximum absolute atomic E-state index is 9.52. The van der Waals surface area contributed by atoms with Gasteiger partial charge in [-0.15, -0.1) is 11.8 Å². The number of nitriles is 1. The van der Waals surface area contributed by atoms with Crippen LogP contribution in [0.3, 0.4) is 0 Å². The fourth-order valence-corrected chi connectivity index (χ4v) is 5.79. The van der Waals surface area contributed by atoms with E-state index in [1.54, 1.807) is 24.2 Å². The summed E-state index contributed by atoms with van der Waals surface area (Å²) in [5.74, 6) is 2.19. The first kappa shape index (κ1) is 25.7. The summed E-state index contributed by atoms with van der Waals surface area (Å²) in [6, 6.07) is 7.39. The molecule has 0 spiro atoms. The molecule has 0 aliphatic heterocycles. The first-order chi connectivity index (χ1) is 17.2. The van der Waals surface area contributed by atoms with E-state index in [1.165, 1.54) is 38.5 Å². The van der Waals surface area contributed by atoms with Gasteiger partial charge in [-0.2, -0.15) is 10.2 Å². The molecular weight excluding hydrogens is 458 g/mol. The zero-order valence-electron chi connectivity index (χ0n) is 20.5. The molecule has 0 radical (unpaired) electrons. The highest BCUT2D eigenvalue weighted by Gasteiger charge is 2.26. The standard InChI is InChI=1S/C26H37N7OS/c1-35-25-20(3-2-12-28-25)15-30-26-31-16-21(13-27)24(33-26)29-14-18-4-8-22(9-5-18)32-23-10-6-19(17-34)7-11-23/h2-3,12,16,18-19,22-23,32,34H,4-11,14-15,17H2,1H3,(H2,29,30,31,33). The Morgan fingerprint density at radius 2 is 1.74 bits per heavy atom. The smallest absolute Gasteiger partial charge is 0.224 e. The van der Waals surface area contributed by atoms with Gasteiger partial charge in [0.2, 0.25) is 5.95 Å². The molecule has 2 aliphatic rings. The van der Waals surface area contributed by atoms with Crippen LogP contribution in [0.1, 0.15) is 62.5 Å². The molecule has 0 unspecified atom stereocenters. The second kappa shape index (κ2) is 13.1. The quantitative estimate of drug-likeness (QED) is 0.360. The molecular formula is C26H37N7OS. The third-order valence-electron chi connectivity index (χ3n) is 7.37. The van der Waals surface area contributed by atoms with Crippen LogP contribution >= 0.6 is 11.8 Å². The average molecular weight is 496 g/mol. The highest BCUT2D eigenvalue weighted by molar-refractivity contribution is 7.98. The summed E-state index contributed by atoms with van der Waals surface area (Å²) < 4.78 is 0. The minimum atomic E-state index is 0.339. The monoisotopic (exact) mass is 495 g/mol. The van der Waals surface area contributed by atoms with E-state index in [0.29, 0.717) is 54.4 Å². The van der Waals surface area contributed by atoms with Crippen LogP contribution in [0.4, 0.5) is 11.8 Å². The number of thioether (sulfide) groups is 1. The van der Waals surface area contributed by atoms with Gasteiger partial charge in [0.15, 0.2) is 0 Å². The molecule has 188 valence electrons. The van der Waals surface area contributed by atoms with Crippen molar-refractivity contribution < 1.29 is 5.11 Å². The highest BCUT2D eigenvalue weighted by Crippen LogP contribution is 2.29. The predicted molar refractivity (Wildman–Crippen MR) is 140 cm³/mol. The number of anilines is 2. The number of pyridine rings is 1. The molecule has 8 nitrogen and oxygen atoms in total. The number of aliphatic hydroxyl groups is 1. The third kappa shape index (κ3) is 7.29. The third-order valence-corrected chi connectivity index (χ3v) is 8.13. The normalized spacial score (nSPS) is 24.5.